The van der Waals surface area contributed by atoms with E-state index in [1.165, 1.54) is 0 Å². The molecule has 0 amide bonds. The van der Waals surface area contributed by atoms with Gasteiger partial charge in [0.25, 0.3) is 0 Å². The zero-order valence-corrected chi connectivity index (χ0v) is 14.1. The van der Waals surface area contributed by atoms with Crippen LogP contribution in [0.25, 0.3) is 11.4 Å². The number of aromatic nitrogens is 2. The lowest BCUT2D eigenvalue weighted by molar-refractivity contribution is 0.103. The van der Waals surface area contributed by atoms with Crippen LogP contribution >= 0.6 is 0 Å². The highest BCUT2D eigenvalue weighted by Crippen LogP contribution is 2.30. The van der Waals surface area contributed by atoms with Crippen molar-refractivity contribution in [3.05, 3.63) is 58.8 Å². The van der Waals surface area contributed by atoms with Crippen molar-refractivity contribution in [1.29, 1.82) is 0 Å². The molecule has 0 saturated carbocycles. The fraction of sp³-hybridized carbons (Fsp3) is 0.222. The monoisotopic (exact) mass is 404 g/mol. The Hall–Kier alpha value is -2.81. The van der Waals surface area contributed by atoms with Crippen LogP contribution in [0.3, 0.4) is 0 Å². The van der Waals surface area contributed by atoms with E-state index in [1.54, 1.807) is 4.72 Å². The predicted molar refractivity (Wildman–Crippen MR) is 97.4 cm³/mol. The number of ketones is 1. The van der Waals surface area contributed by atoms with E-state index in [2.05, 4.69) is 9.97 Å². The molecule has 2 heterocycles. The van der Waals surface area contributed by atoms with E-state index in [1.807, 2.05) is 0 Å². The summed E-state index contributed by atoms with van der Waals surface area (Å²) in [6.45, 7) is -5.73. The summed E-state index contributed by atoms with van der Waals surface area (Å²) in [6, 6.07) is -3.69. The first-order valence-corrected chi connectivity index (χ1v) is 8.86. The third-order valence-corrected chi connectivity index (χ3v) is 4.62. The minimum Gasteiger partial charge on any atom is -0.346 e. The van der Waals surface area contributed by atoms with Gasteiger partial charge in [0.2, 0.25) is 15.8 Å². The van der Waals surface area contributed by atoms with Crippen LogP contribution in [-0.2, 0) is 10.0 Å². The molecule has 0 unspecified atom stereocenters. The molecular formula is C18H17F2N3O3S. The Bertz CT molecular complexity index is 1540. The van der Waals surface area contributed by atoms with Gasteiger partial charge in [0.05, 0.1) is 29.4 Å². The van der Waals surface area contributed by atoms with Crippen LogP contribution in [0.4, 0.5) is 14.5 Å². The highest BCUT2D eigenvalue weighted by Gasteiger charge is 2.27. The Morgan fingerprint density at radius 3 is 2.96 bits per heavy atom. The second-order valence-corrected chi connectivity index (χ2v) is 7.04. The summed E-state index contributed by atoms with van der Waals surface area (Å²) in [4.78, 5) is 19.1. The van der Waals surface area contributed by atoms with Gasteiger partial charge in [0, 0.05) is 26.1 Å². The summed E-state index contributed by atoms with van der Waals surface area (Å²) in [5.41, 5.74) is -5.46. The summed E-state index contributed by atoms with van der Waals surface area (Å²) in [5.74, 6) is -7.17. The predicted octanol–water partition coefficient (Wildman–Crippen LogP) is 3.48. The molecule has 3 rings (SSSR count). The molecule has 9 heteroatoms. The number of carbonyl (C=O) groups excluding carboxylic acids is 1. The van der Waals surface area contributed by atoms with Gasteiger partial charge < -0.3 is 4.98 Å². The maximum atomic E-state index is 15.4. The van der Waals surface area contributed by atoms with Gasteiger partial charge in [-0.1, -0.05) is 6.85 Å². The number of halogens is 2. The fourth-order valence-corrected chi connectivity index (χ4v) is 3.01. The first-order chi connectivity index (χ1) is 17.2. The largest absolute Gasteiger partial charge is 0.346 e. The molecule has 0 bridgehead atoms. The molecule has 142 valence electrons. The molecule has 27 heavy (non-hydrogen) atoms. The molecule has 0 aromatic heterocycles. The number of hydrogen-bond acceptors (Lipinski definition) is 4. The highest BCUT2D eigenvalue weighted by atomic mass is 32.2. The molecule has 2 N–H and O–H groups in total. The number of H-pyrrole nitrogens is 1. The van der Waals surface area contributed by atoms with Gasteiger partial charge >= 0.3 is 0 Å². The second-order valence-electron chi connectivity index (χ2n) is 5.20. The van der Waals surface area contributed by atoms with Crippen LogP contribution < -0.4 is 4.72 Å². The summed E-state index contributed by atoms with van der Waals surface area (Å²) in [7, 11) is -4.67. The van der Waals surface area contributed by atoms with Gasteiger partial charge in [-0.05, 0) is 37.0 Å². The maximum absolute atomic E-state index is 15.4. The van der Waals surface area contributed by atoms with E-state index < -0.39 is 118 Å². The summed E-state index contributed by atoms with van der Waals surface area (Å²) in [6.07, 6.45) is -2.63. The van der Waals surface area contributed by atoms with Crippen molar-refractivity contribution in [2.45, 2.75) is 20.1 Å². The van der Waals surface area contributed by atoms with Crippen molar-refractivity contribution in [2.75, 3.05) is 10.5 Å². The van der Waals surface area contributed by atoms with Gasteiger partial charge in [-0.25, -0.2) is 22.2 Å². The van der Waals surface area contributed by atoms with Gasteiger partial charge in [0.15, 0.2) is 5.82 Å². The SMILES string of the molecule is [2H]c1nc2[nH]c([2H])c(C([2H])([2H])[2H])c([2H])c-2c1C(=O)c1c(F)c([2H])c([2H])c(NS(=O)(=O)CCC([2H])([2H])[2H])c1F. The zero-order chi connectivity index (χ0) is 29.1. The van der Waals surface area contributed by atoms with E-state index in [4.69, 9.17) is 15.1 Å². The van der Waals surface area contributed by atoms with Crippen LogP contribution in [0, 0.1) is 18.5 Å². The number of carbonyl (C=O) groups is 1. The van der Waals surface area contributed by atoms with Crippen molar-refractivity contribution >= 4 is 21.5 Å². The summed E-state index contributed by atoms with van der Waals surface area (Å²) < 4.78 is 140. The fourth-order valence-electron chi connectivity index (χ4n) is 2.19. The Morgan fingerprint density at radius 2 is 2.22 bits per heavy atom. The van der Waals surface area contributed by atoms with Crippen molar-refractivity contribution in [3.63, 3.8) is 0 Å². The average Bonchev–Trinajstić information content (AvgIpc) is 3.08. The molecular weight excluding hydrogens is 376 g/mol. The number of benzene rings is 1. The molecule has 0 saturated heterocycles. The van der Waals surface area contributed by atoms with E-state index in [0.29, 0.717) is 0 Å². The summed E-state index contributed by atoms with van der Waals surface area (Å²) in [5, 5.41) is 0. The molecule has 2 aliphatic rings. The maximum Gasteiger partial charge on any atom is 0.232 e. The number of nitrogens with zero attached hydrogens (tertiary/aromatic N) is 1. The second kappa shape index (κ2) is 7.07. The molecule has 6 nitrogen and oxygen atoms in total. The number of sulfonamides is 1. The lowest BCUT2D eigenvalue weighted by atomic mass is 9.99. The number of nitrogens with one attached hydrogen (secondary N) is 2. The Kier molecular flexibility index (Phi) is 2.46. The standard InChI is InChI=1S/C18H17F2N3O3S/c1-3-6-27(25,26)23-14-5-4-13(19)15(16(14)20)17(24)12-9-22-18-11(12)7-10(2)8-21-18/h4-5,7-9,23H,3,6H2,1-2H3,(H,21,22)/i1D3,2D3,4D,5D,7D,8D,9D. The Labute approximate surface area is 170 Å². The van der Waals surface area contributed by atoms with Crippen LogP contribution in [0.15, 0.2) is 30.5 Å². The van der Waals surface area contributed by atoms with E-state index in [0.717, 1.165) is 0 Å². The number of hydrogen-bond donors (Lipinski definition) is 2. The van der Waals surface area contributed by atoms with Crippen LogP contribution in [-0.4, -0.2) is 29.9 Å². The normalized spacial score (nSPS) is 18.5. The Balaban J connectivity index is 2.24. The molecule has 2 aliphatic heterocycles. The quantitative estimate of drug-likeness (QED) is 0.615. The number of anilines is 1. The molecule has 0 spiro atoms. The number of fused-ring (bicyclic) bond motifs is 1. The molecule has 0 radical (unpaired) electrons. The van der Waals surface area contributed by atoms with Gasteiger partial charge in [-0.3, -0.25) is 9.52 Å². The molecule has 0 atom stereocenters. The first kappa shape index (κ1) is 9.41. The molecule has 1 aromatic rings. The Morgan fingerprint density at radius 1 is 1.41 bits per heavy atom. The van der Waals surface area contributed by atoms with Crippen LogP contribution in [0.2, 0.25) is 0 Å². The van der Waals surface area contributed by atoms with Gasteiger partial charge in [-0.15, -0.1) is 0 Å². The van der Waals surface area contributed by atoms with E-state index in [-0.39, 0.29) is 0 Å². The third kappa shape index (κ3) is 3.68. The topological polar surface area (TPSA) is 91.9 Å². The van der Waals surface area contributed by atoms with E-state index in [9.17, 15) is 17.6 Å². The zero-order valence-electron chi connectivity index (χ0n) is 24.3. The van der Waals surface area contributed by atoms with Gasteiger partial charge in [0.1, 0.15) is 11.6 Å². The lowest BCUT2D eigenvalue weighted by Crippen LogP contribution is -2.18. The number of aromatic amines is 1. The molecule has 0 aliphatic carbocycles. The van der Waals surface area contributed by atoms with Crippen molar-refractivity contribution in [1.82, 2.24) is 9.97 Å². The van der Waals surface area contributed by atoms with Crippen molar-refractivity contribution in [2.24, 2.45) is 0 Å². The minimum absolute atomic E-state index is 0.490. The minimum atomic E-state index is -4.67. The summed E-state index contributed by atoms with van der Waals surface area (Å²) >= 11 is 0. The lowest BCUT2D eigenvalue weighted by Gasteiger charge is -2.11. The highest BCUT2D eigenvalue weighted by molar-refractivity contribution is 7.92. The van der Waals surface area contributed by atoms with Crippen LogP contribution in [0.5, 0.6) is 0 Å². The average molecular weight is 404 g/mol. The van der Waals surface area contributed by atoms with Crippen LogP contribution in [0.1, 0.15) is 49.8 Å². The first-order valence-electron chi connectivity index (χ1n) is 12.7. The third-order valence-electron chi connectivity index (χ3n) is 3.36. The molecule has 0 fully saturated rings. The smallest absolute Gasteiger partial charge is 0.232 e. The van der Waals surface area contributed by atoms with Gasteiger partial charge in [-0.2, -0.15) is 0 Å². The number of pyridine rings is 1. The number of rotatable bonds is 6. The van der Waals surface area contributed by atoms with Crippen molar-refractivity contribution in [3.8, 4) is 11.4 Å². The van der Waals surface area contributed by atoms with Crippen molar-refractivity contribution < 1.29 is 37.1 Å². The van der Waals surface area contributed by atoms with E-state index >= 15 is 4.39 Å². The molecule has 1 aromatic carbocycles.